The molecule has 0 aromatic heterocycles. The number of aryl methyl sites for hydroxylation is 2. The zero-order valence-electron chi connectivity index (χ0n) is 25.9. The highest BCUT2D eigenvalue weighted by atomic mass is 35.7. The van der Waals surface area contributed by atoms with Crippen molar-refractivity contribution >= 4 is 29.9 Å². The van der Waals surface area contributed by atoms with Crippen molar-refractivity contribution in [3.05, 3.63) is 131 Å². The summed E-state index contributed by atoms with van der Waals surface area (Å²) >= 11 is 0. The van der Waals surface area contributed by atoms with Gasteiger partial charge in [-0.3, -0.25) is 4.18 Å². The van der Waals surface area contributed by atoms with Gasteiger partial charge in [-0.1, -0.05) is 117 Å². The van der Waals surface area contributed by atoms with Crippen LogP contribution in [0, 0.1) is 25.7 Å². The summed E-state index contributed by atoms with van der Waals surface area (Å²) in [7, 11) is -2.14. The molecule has 252 valence electrons. The maximum atomic E-state index is 12.2. The SMILES string of the molecule is C.CCC(COS(=O)(=O)c1ccc(C)cc1)Cc1ccccc1.Cc1ccc(S(=O)(=O)Cl)cc1.OCC(CO)Cc1ccccc1. The van der Waals surface area contributed by atoms with E-state index in [2.05, 4.69) is 19.1 Å². The van der Waals surface area contributed by atoms with Gasteiger partial charge in [0, 0.05) is 29.8 Å². The monoisotopic (exact) mass is 690 g/mol. The van der Waals surface area contributed by atoms with Crippen molar-refractivity contribution in [3.8, 4) is 0 Å². The highest BCUT2D eigenvalue weighted by Crippen LogP contribution is 2.18. The van der Waals surface area contributed by atoms with E-state index in [1.165, 1.54) is 17.7 Å². The predicted octanol–water partition coefficient (Wildman–Crippen LogP) is 7.36. The number of halogens is 1. The third-order valence-electron chi connectivity index (χ3n) is 6.90. The zero-order chi connectivity index (χ0) is 33.3. The lowest BCUT2D eigenvalue weighted by atomic mass is 9.98. The molecule has 0 saturated carbocycles. The van der Waals surface area contributed by atoms with Crippen LogP contribution in [0.1, 0.15) is 43.0 Å². The van der Waals surface area contributed by atoms with Crippen LogP contribution in [0.2, 0.25) is 0 Å². The van der Waals surface area contributed by atoms with E-state index in [9.17, 15) is 16.8 Å². The molecule has 10 heteroatoms. The number of aliphatic hydroxyl groups is 2. The van der Waals surface area contributed by atoms with Crippen molar-refractivity contribution in [1.82, 2.24) is 0 Å². The Hall–Kier alpha value is -3.05. The molecule has 4 aromatic carbocycles. The molecule has 0 aliphatic heterocycles. The van der Waals surface area contributed by atoms with Crippen LogP contribution in [0.3, 0.4) is 0 Å². The Morgan fingerprint density at radius 3 is 1.39 bits per heavy atom. The molecule has 0 saturated heterocycles. The molecule has 0 fully saturated rings. The molecule has 7 nitrogen and oxygen atoms in total. The summed E-state index contributed by atoms with van der Waals surface area (Å²) < 4.78 is 51.1. The Bertz CT molecular complexity index is 1590. The van der Waals surface area contributed by atoms with Gasteiger partial charge in [-0.25, -0.2) is 8.42 Å². The molecule has 2 N–H and O–H groups in total. The van der Waals surface area contributed by atoms with Crippen LogP contribution < -0.4 is 0 Å². The molecule has 0 aliphatic rings. The van der Waals surface area contributed by atoms with E-state index in [1.54, 1.807) is 36.4 Å². The summed E-state index contributed by atoms with van der Waals surface area (Å²) in [5.74, 6) is 0.162. The van der Waals surface area contributed by atoms with Crippen molar-refractivity contribution in [2.45, 2.75) is 57.3 Å². The highest BCUT2D eigenvalue weighted by Gasteiger charge is 2.18. The van der Waals surface area contributed by atoms with Crippen LogP contribution in [-0.4, -0.2) is 46.9 Å². The third kappa shape index (κ3) is 15.5. The van der Waals surface area contributed by atoms with Crippen molar-refractivity contribution in [2.24, 2.45) is 11.8 Å². The third-order valence-corrected chi connectivity index (χ3v) is 9.56. The Morgan fingerprint density at radius 2 is 1.02 bits per heavy atom. The van der Waals surface area contributed by atoms with Gasteiger partial charge in [0.05, 0.1) is 16.4 Å². The van der Waals surface area contributed by atoms with E-state index in [4.69, 9.17) is 25.1 Å². The fourth-order valence-electron chi connectivity index (χ4n) is 4.06. The minimum absolute atomic E-state index is 0. The maximum Gasteiger partial charge on any atom is 0.296 e. The van der Waals surface area contributed by atoms with Gasteiger partial charge in [-0.15, -0.1) is 0 Å². The second-order valence-corrected chi connectivity index (χ2v) is 14.9. The van der Waals surface area contributed by atoms with E-state index in [-0.39, 0.29) is 48.9 Å². The molecule has 0 spiro atoms. The molecule has 0 bridgehead atoms. The molecular weight excluding hydrogens is 644 g/mol. The van der Waals surface area contributed by atoms with Crippen LogP contribution in [-0.2, 0) is 36.2 Å². The number of aliphatic hydroxyl groups excluding tert-OH is 2. The zero-order valence-corrected chi connectivity index (χ0v) is 28.3. The maximum absolute atomic E-state index is 12.2. The minimum atomic E-state index is -3.67. The smallest absolute Gasteiger partial charge is 0.296 e. The molecule has 46 heavy (non-hydrogen) atoms. The van der Waals surface area contributed by atoms with Crippen molar-refractivity contribution in [1.29, 1.82) is 0 Å². The Morgan fingerprint density at radius 1 is 0.630 bits per heavy atom. The minimum Gasteiger partial charge on any atom is -0.396 e. The quantitative estimate of drug-likeness (QED) is 0.118. The second kappa shape index (κ2) is 20.9. The van der Waals surface area contributed by atoms with E-state index in [0.717, 1.165) is 36.0 Å². The van der Waals surface area contributed by atoms with Gasteiger partial charge in [0.25, 0.3) is 19.2 Å². The topological polar surface area (TPSA) is 118 Å². The summed E-state index contributed by atoms with van der Waals surface area (Å²) in [6, 6.07) is 33.0. The average molecular weight is 691 g/mol. The van der Waals surface area contributed by atoms with Gasteiger partial charge >= 0.3 is 0 Å². The van der Waals surface area contributed by atoms with Gasteiger partial charge in [0.1, 0.15) is 0 Å². The molecule has 0 amide bonds. The predicted molar refractivity (Wildman–Crippen MR) is 187 cm³/mol. The van der Waals surface area contributed by atoms with E-state index in [1.807, 2.05) is 62.4 Å². The Kier molecular flexibility index (Phi) is 18.7. The summed E-state index contributed by atoms with van der Waals surface area (Å²) in [6.07, 6.45) is 2.44. The summed E-state index contributed by atoms with van der Waals surface area (Å²) in [4.78, 5) is 0.359. The number of hydrogen-bond donors (Lipinski definition) is 2. The van der Waals surface area contributed by atoms with Crippen LogP contribution in [0.5, 0.6) is 0 Å². The lowest BCUT2D eigenvalue weighted by Crippen LogP contribution is -2.16. The van der Waals surface area contributed by atoms with E-state index < -0.39 is 19.2 Å². The first-order valence-corrected chi connectivity index (χ1v) is 18.4. The van der Waals surface area contributed by atoms with Crippen LogP contribution in [0.4, 0.5) is 0 Å². The van der Waals surface area contributed by atoms with Gasteiger partial charge in [-0.05, 0) is 68.0 Å². The first-order chi connectivity index (χ1) is 21.4. The molecular formula is C36H47ClO7S2. The van der Waals surface area contributed by atoms with Gasteiger partial charge < -0.3 is 10.2 Å². The second-order valence-electron chi connectivity index (χ2n) is 10.7. The molecule has 0 radical (unpaired) electrons. The largest absolute Gasteiger partial charge is 0.396 e. The summed E-state index contributed by atoms with van der Waals surface area (Å²) in [5.41, 5.74) is 4.39. The average Bonchev–Trinajstić information content (AvgIpc) is 3.03. The lowest BCUT2D eigenvalue weighted by Gasteiger charge is -2.15. The molecule has 4 aromatic rings. The van der Waals surface area contributed by atoms with Gasteiger partial charge in [0.2, 0.25) is 0 Å². The van der Waals surface area contributed by atoms with Crippen LogP contribution in [0.25, 0.3) is 0 Å². The normalized spacial score (nSPS) is 11.7. The van der Waals surface area contributed by atoms with Crippen molar-refractivity contribution < 1.29 is 31.2 Å². The first-order valence-electron chi connectivity index (χ1n) is 14.6. The molecule has 1 atom stereocenters. The van der Waals surface area contributed by atoms with Gasteiger partial charge in [-0.2, -0.15) is 8.42 Å². The highest BCUT2D eigenvalue weighted by molar-refractivity contribution is 8.13. The molecule has 4 rings (SSSR count). The van der Waals surface area contributed by atoms with Crippen LogP contribution in [0.15, 0.2) is 119 Å². The lowest BCUT2D eigenvalue weighted by molar-refractivity contribution is 0.150. The van der Waals surface area contributed by atoms with E-state index in [0.29, 0.717) is 0 Å². The fraction of sp³-hybridized carbons (Fsp3) is 0.333. The number of hydrogen-bond acceptors (Lipinski definition) is 7. The van der Waals surface area contributed by atoms with Crippen molar-refractivity contribution in [2.75, 3.05) is 19.8 Å². The number of rotatable bonds is 12. The van der Waals surface area contributed by atoms with Crippen LogP contribution >= 0.6 is 10.7 Å². The Balaban J connectivity index is 0.000000374. The fourth-order valence-corrected chi connectivity index (χ4v) is 5.81. The molecule has 0 heterocycles. The van der Waals surface area contributed by atoms with E-state index >= 15 is 0 Å². The van der Waals surface area contributed by atoms with Gasteiger partial charge in [0.15, 0.2) is 0 Å². The summed E-state index contributed by atoms with van der Waals surface area (Å²) in [6.45, 7) is 6.16. The molecule has 0 aliphatic carbocycles. The van der Waals surface area contributed by atoms with Crippen molar-refractivity contribution in [3.63, 3.8) is 0 Å². The summed E-state index contributed by atoms with van der Waals surface area (Å²) in [5, 5.41) is 17.7. The number of benzene rings is 4. The Labute approximate surface area is 280 Å². The molecule has 1 unspecified atom stereocenters. The standard InChI is InChI=1S/C18H22O3S.C10H14O2.C7H7ClO2S.CH4/c1-3-16(13-17-7-5-4-6-8-17)14-21-22(19,20)18-11-9-15(2)10-12-18;11-7-10(8-12)6-9-4-2-1-3-5-9;1-6-2-4-7(5-3-6)11(8,9)10;/h4-12,16H,3,13-14H2,1-2H3;1-5,10-12H,6-8H2;2-5H,1H3;1H4. The first kappa shape index (κ1) is 41.0.